The number of hydrogen-bond acceptors (Lipinski definition) is 8. The van der Waals surface area contributed by atoms with E-state index >= 15 is 0 Å². The van der Waals surface area contributed by atoms with Crippen LogP contribution in [-0.2, 0) is 11.8 Å². The molecule has 1 amide bonds. The molecular formula is C31H25N5O5S2. The van der Waals surface area contributed by atoms with Gasteiger partial charge in [-0.15, -0.1) is 0 Å². The van der Waals surface area contributed by atoms with Crippen LogP contribution in [0.4, 0.5) is 5.69 Å². The van der Waals surface area contributed by atoms with E-state index in [0.717, 1.165) is 17.3 Å². The number of para-hydroxylation sites is 1. The third-order valence-electron chi connectivity index (χ3n) is 7.14. The van der Waals surface area contributed by atoms with Gasteiger partial charge in [0.1, 0.15) is 28.4 Å². The Kier molecular flexibility index (Phi) is 7.24. The minimum atomic E-state index is -0.523. The van der Waals surface area contributed by atoms with Crippen LogP contribution in [0.2, 0.25) is 0 Å². The smallest absolute Gasteiger partial charge is 0.296 e. The second-order valence-corrected chi connectivity index (χ2v) is 11.4. The number of nitrogens with zero attached hydrogens (tertiary/aromatic N) is 5. The number of amides is 1. The summed E-state index contributed by atoms with van der Waals surface area (Å²) in [6.07, 6.45) is 3.03. The molecule has 5 aromatic rings. The summed E-state index contributed by atoms with van der Waals surface area (Å²) in [6, 6.07) is 19.6. The van der Waals surface area contributed by atoms with Crippen molar-refractivity contribution in [1.82, 2.24) is 18.7 Å². The van der Waals surface area contributed by atoms with Crippen LogP contribution in [0.5, 0.6) is 17.4 Å². The van der Waals surface area contributed by atoms with Gasteiger partial charge in [0.2, 0.25) is 5.88 Å². The van der Waals surface area contributed by atoms with E-state index in [1.807, 2.05) is 31.2 Å². The van der Waals surface area contributed by atoms with Gasteiger partial charge in [-0.3, -0.25) is 28.4 Å². The molecule has 0 atom stereocenters. The second kappa shape index (κ2) is 11.0. The highest BCUT2D eigenvalue weighted by atomic mass is 32.2. The fraction of sp³-hybridized carbons (Fsp3) is 0.129. The van der Waals surface area contributed by atoms with Gasteiger partial charge >= 0.3 is 0 Å². The normalized spacial score (nSPS) is 14.2. The molecule has 0 aliphatic carbocycles. The Bertz CT molecular complexity index is 2080. The van der Waals surface area contributed by atoms with Gasteiger partial charge in [-0.1, -0.05) is 48.2 Å². The van der Waals surface area contributed by atoms with Crippen LogP contribution in [0.1, 0.15) is 16.8 Å². The molecule has 3 aromatic heterocycles. The number of methoxy groups -OCH3 is 1. The third-order valence-corrected chi connectivity index (χ3v) is 8.44. The molecule has 6 rings (SSSR count). The molecule has 0 spiro atoms. The van der Waals surface area contributed by atoms with Crippen molar-refractivity contribution in [3.8, 4) is 23.1 Å². The van der Waals surface area contributed by atoms with Crippen molar-refractivity contribution in [3.63, 3.8) is 0 Å². The molecule has 2 aromatic carbocycles. The van der Waals surface area contributed by atoms with E-state index in [1.165, 1.54) is 20.1 Å². The van der Waals surface area contributed by atoms with Crippen LogP contribution in [0.15, 0.2) is 87.4 Å². The van der Waals surface area contributed by atoms with E-state index in [-0.39, 0.29) is 26.4 Å². The first-order valence-electron chi connectivity index (χ1n) is 13.2. The van der Waals surface area contributed by atoms with E-state index in [4.69, 9.17) is 21.7 Å². The van der Waals surface area contributed by atoms with Crippen LogP contribution in [0.25, 0.3) is 17.4 Å². The quantitative estimate of drug-likeness (QED) is 0.195. The van der Waals surface area contributed by atoms with Crippen LogP contribution in [0, 0.1) is 13.8 Å². The van der Waals surface area contributed by atoms with E-state index in [0.29, 0.717) is 28.5 Å². The van der Waals surface area contributed by atoms with E-state index < -0.39 is 17.0 Å². The van der Waals surface area contributed by atoms with Gasteiger partial charge in [0, 0.05) is 13.2 Å². The molecule has 0 bridgehead atoms. The van der Waals surface area contributed by atoms with Crippen LogP contribution in [-0.4, -0.2) is 36.1 Å². The van der Waals surface area contributed by atoms with E-state index in [2.05, 4.69) is 4.98 Å². The minimum absolute atomic E-state index is 0.0251. The molecule has 10 nitrogen and oxygen atoms in total. The molecule has 216 valence electrons. The van der Waals surface area contributed by atoms with Crippen molar-refractivity contribution >= 4 is 51.6 Å². The molecule has 0 N–H and O–H groups in total. The van der Waals surface area contributed by atoms with E-state index in [9.17, 15) is 14.4 Å². The lowest BCUT2D eigenvalue weighted by Gasteiger charge is -2.13. The largest absolute Gasteiger partial charge is 0.497 e. The lowest BCUT2D eigenvalue weighted by molar-refractivity contribution is -0.113. The Balaban J connectivity index is 1.46. The monoisotopic (exact) mass is 611 g/mol. The number of thioether (sulfide) groups is 1. The van der Waals surface area contributed by atoms with Crippen molar-refractivity contribution < 1.29 is 14.3 Å². The number of carbonyl (C=O) groups is 1. The van der Waals surface area contributed by atoms with Gasteiger partial charge in [0.15, 0.2) is 4.32 Å². The summed E-state index contributed by atoms with van der Waals surface area (Å²) in [5.74, 6) is 0.567. The maximum absolute atomic E-state index is 13.9. The predicted octanol–water partition coefficient (Wildman–Crippen LogP) is 5.01. The number of anilines is 1. The zero-order chi connectivity index (χ0) is 30.4. The van der Waals surface area contributed by atoms with Crippen molar-refractivity contribution in [2.45, 2.75) is 13.8 Å². The highest BCUT2D eigenvalue weighted by Gasteiger charge is 2.38. The van der Waals surface area contributed by atoms with Crippen molar-refractivity contribution in [1.29, 1.82) is 0 Å². The number of rotatable bonds is 6. The topological polar surface area (TPSA) is 100 Å². The van der Waals surface area contributed by atoms with Crippen LogP contribution < -0.4 is 25.5 Å². The first kappa shape index (κ1) is 28.2. The Hall–Kier alpha value is -4.94. The molecule has 0 unspecified atom stereocenters. The summed E-state index contributed by atoms with van der Waals surface area (Å²) >= 11 is 6.60. The Morgan fingerprint density at radius 3 is 2.30 bits per heavy atom. The zero-order valence-corrected chi connectivity index (χ0v) is 25.2. The Morgan fingerprint density at radius 2 is 1.60 bits per heavy atom. The highest BCUT2D eigenvalue weighted by molar-refractivity contribution is 8.27. The number of aromatic nitrogens is 4. The number of fused-ring (bicyclic) bond motifs is 1. The zero-order valence-electron chi connectivity index (χ0n) is 23.6. The van der Waals surface area contributed by atoms with E-state index in [1.54, 1.807) is 74.4 Å². The van der Waals surface area contributed by atoms with Crippen molar-refractivity contribution in [3.05, 3.63) is 115 Å². The summed E-state index contributed by atoms with van der Waals surface area (Å²) in [5.41, 5.74) is 1.78. The van der Waals surface area contributed by atoms with Crippen molar-refractivity contribution in [2.75, 3.05) is 12.0 Å². The number of thiocarbonyl (C=S) groups is 1. The van der Waals surface area contributed by atoms with Crippen LogP contribution >= 0.6 is 24.0 Å². The summed E-state index contributed by atoms with van der Waals surface area (Å²) in [4.78, 5) is 47.3. The summed E-state index contributed by atoms with van der Waals surface area (Å²) < 4.78 is 16.1. The molecule has 12 heteroatoms. The van der Waals surface area contributed by atoms with Gasteiger partial charge < -0.3 is 9.47 Å². The molecule has 4 heterocycles. The molecule has 0 radical (unpaired) electrons. The average molecular weight is 612 g/mol. The fourth-order valence-corrected chi connectivity index (χ4v) is 6.10. The molecular weight excluding hydrogens is 587 g/mol. The predicted molar refractivity (Wildman–Crippen MR) is 171 cm³/mol. The molecule has 1 aliphatic rings. The Labute approximate surface area is 255 Å². The van der Waals surface area contributed by atoms with Crippen LogP contribution in [0.3, 0.4) is 0 Å². The van der Waals surface area contributed by atoms with Gasteiger partial charge in [0.05, 0.1) is 23.4 Å². The van der Waals surface area contributed by atoms with Gasteiger partial charge in [0.25, 0.3) is 17.0 Å². The SMILES string of the molecule is COc1ccc(Oc2nc3c(C)cccn3c(=O)c2/C=C2\SC(=S)N(c3c(C)n(C)n(-c4ccccc4)c3=O)C2=O)cc1. The number of pyridine rings is 1. The molecule has 1 fully saturated rings. The standard InChI is InChI=1S/C31H25N5O5S2/c1-18-9-8-16-34-26(18)32-27(41-22-14-12-21(40-4)13-15-22)23(28(34)37)17-24-29(38)35(31(42)43-24)25-19(2)33(3)36(30(25)39)20-10-6-5-7-11-20/h5-17H,1-4H3/b24-17-. The lowest BCUT2D eigenvalue weighted by atomic mass is 10.2. The minimum Gasteiger partial charge on any atom is -0.497 e. The Morgan fingerprint density at radius 1 is 0.907 bits per heavy atom. The number of carbonyl (C=O) groups excluding carboxylic acids is 1. The van der Waals surface area contributed by atoms with Gasteiger partial charge in [-0.25, -0.2) is 4.68 Å². The molecule has 0 saturated carbocycles. The third kappa shape index (κ3) is 4.84. The maximum atomic E-state index is 13.9. The average Bonchev–Trinajstić information content (AvgIpc) is 3.40. The van der Waals surface area contributed by atoms with Gasteiger partial charge in [-0.05, 0) is 68.0 Å². The summed E-state index contributed by atoms with van der Waals surface area (Å²) in [6.45, 7) is 3.59. The second-order valence-electron chi connectivity index (χ2n) is 9.73. The first-order valence-corrected chi connectivity index (χ1v) is 14.4. The van der Waals surface area contributed by atoms with Gasteiger partial charge in [-0.2, -0.15) is 4.98 Å². The number of benzene rings is 2. The number of aryl methyl sites for hydroxylation is 1. The molecule has 1 saturated heterocycles. The summed E-state index contributed by atoms with van der Waals surface area (Å²) in [5, 5.41) is 0. The molecule has 43 heavy (non-hydrogen) atoms. The maximum Gasteiger partial charge on any atom is 0.296 e. The molecule has 1 aliphatic heterocycles. The highest BCUT2D eigenvalue weighted by Crippen LogP contribution is 2.37. The lowest BCUT2D eigenvalue weighted by Crippen LogP contribution is -2.33. The number of ether oxygens (including phenoxy) is 2. The first-order chi connectivity index (χ1) is 20.7. The summed E-state index contributed by atoms with van der Waals surface area (Å²) in [7, 11) is 3.31. The number of hydrogen-bond donors (Lipinski definition) is 0. The fourth-order valence-electron chi connectivity index (χ4n) is 4.85. The van der Waals surface area contributed by atoms with Crippen molar-refractivity contribution in [2.24, 2.45) is 7.05 Å².